The van der Waals surface area contributed by atoms with E-state index in [4.69, 9.17) is 22.1 Å². The molecule has 1 saturated carbocycles. The fourth-order valence-corrected chi connectivity index (χ4v) is 3.30. The Morgan fingerprint density at radius 3 is 2.76 bits per heavy atom. The first-order chi connectivity index (χ1) is 8.24. The maximum absolute atomic E-state index is 6.23. The van der Waals surface area contributed by atoms with Crippen molar-refractivity contribution in [1.82, 2.24) is 0 Å². The van der Waals surface area contributed by atoms with Crippen molar-refractivity contribution in [1.29, 1.82) is 0 Å². The number of fused-ring (bicyclic) bond motifs is 1. The van der Waals surface area contributed by atoms with Gasteiger partial charge in [-0.05, 0) is 37.0 Å². The maximum atomic E-state index is 6.23. The maximum Gasteiger partial charge on any atom is 0.124 e. The third-order valence-electron chi connectivity index (χ3n) is 4.06. The van der Waals surface area contributed by atoms with Crippen LogP contribution in [0.2, 0.25) is 5.02 Å². The zero-order chi connectivity index (χ0) is 11.8. The van der Waals surface area contributed by atoms with Crippen molar-refractivity contribution in [2.45, 2.75) is 44.2 Å². The summed E-state index contributed by atoms with van der Waals surface area (Å²) < 4.78 is 6.10. The summed E-state index contributed by atoms with van der Waals surface area (Å²) in [5.74, 6) is 1.63. The Balaban J connectivity index is 1.84. The Hall–Kier alpha value is -0.730. The first kappa shape index (κ1) is 11.4. The normalized spacial score (nSPS) is 28.8. The van der Waals surface area contributed by atoms with E-state index in [1.165, 1.54) is 25.7 Å². The predicted molar refractivity (Wildman–Crippen MR) is 69.4 cm³/mol. The van der Waals surface area contributed by atoms with Crippen LogP contribution in [0.4, 0.5) is 0 Å². The molecule has 3 heteroatoms. The summed E-state index contributed by atoms with van der Waals surface area (Å²) in [6.07, 6.45) is 6.50. The lowest BCUT2D eigenvalue weighted by Gasteiger charge is -2.33. The van der Waals surface area contributed by atoms with Gasteiger partial charge in [0.1, 0.15) is 11.9 Å². The average molecular weight is 252 g/mol. The molecule has 1 aliphatic carbocycles. The van der Waals surface area contributed by atoms with Gasteiger partial charge in [0.05, 0.1) is 0 Å². The quantitative estimate of drug-likeness (QED) is 0.826. The van der Waals surface area contributed by atoms with Crippen LogP contribution in [-0.4, -0.2) is 6.10 Å². The molecule has 17 heavy (non-hydrogen) atoms. The molecule has 0 radical (unpaired) electrons. The van der Waals surface area contributed by atoms with Crippen molar-refractivity contribution in [3.63, 3.8) is 0 Å². The summed E-state index contributed by atoms with van der Waals surface area (Å²) in [5.41, 5.74) is 7.30. The molecule has 2 aliphatic rings. The lowest BCUT2D eigenvalue weighted by atomic mass is 9.89. The van der Waals surface area contributed by atoms with E-state index < -0.39 is 0 Å². The minimum atomic E-state index is 0.0723. The van der Waals surface area contributed by atoms with Crippen LogP contribution in [0.5, 0.6) is 5.75 Å². The average Bonchev–Trinajstić information content (AvgIpc) is 2.83. The number of halogens is 1. The van der Waals surface area contributed by atoms with Gasteiger partial charge in [0.15, 0.2) is 0 Å². The number of benzene rings is 1. The van der Waals surface area contributed by atoms with Crippen LogP contribution >= 0.6 is 11.6 Å². The molecule has 2 atom stereocenters. The van der Waals surface area contributed by atoms with E-state index in [1.54, 1.807) is 0 Å². The minimum Gasteiger partial charge on any atom is -0.490 e. The van der Waals surface area contributed by atoms with Gasteiger partial charge in [-0.1, -0.05) is 24.4 Å². The third-order valence-corrected chi connectivity index (χ3v) is 4.30. The van der Waals surface area contributed by atoms with Crippen LogP contribution in [-0.2, 0) is 0 Å². The summed E-state index contributed by atoms with van der Waals surface area (Å²) in [6.45, 7) is 0. The molecule has 2 nitrogen and oxygen atoms in total. The molecule has 1 heterocycles. The molecule has 1 aromatic carbocycles. The highest BCUT2D eigenvalue weighted by Gasteiger charge is 2.33. The molecule has 3 rings (SSSR count). The number of hydrogen-bond donors (Lipinski definition) is 1. The summed E-state index contributed by atoms with van der Waals surface area (Å²) >= 11 is 5.99. The molecule has 92 valence electrons. The standard InChI is InChI=1S/C14H18ClNO/c15-10-5-6-13-11(7-10)12(16)8-14(17-13)9-3-1-2-4-9/h5-7,9,12,14H,1-4,8,16H2/t12-,14?/m0/s1. The van der Waals surface area contributed by atoms with Crippen LogP contribution in [0.1, 0.15) is 43.7 Å². The van der Waals surface area contributed by atoms with E-state index in [2.05, 4.69) is 0 Å². The van der Waals surface area contributed by atoms with Gasteiger partial charge < -0.3 is 10.5 Å². The van der Waals surface area contributed by atoms with E-state index in [-0.39, 0.29) is 6.04 Å². The Labute approximate surface area is 107 Å². The lowest BCUT2D eigenvalue weighted by Crippen LogP contribution is -2.34. The van der Waals surface area contributed by atoms with Crippen LogP contribution < -0.4 is 10.5 Å². The first-order valence-corrected chi connectivity index (χ1v) is 6.83. The number of ether oxygens (including phenoxy) is 1. The van der Waals surface area contributed by atoms with Crippen LogP contribution in [0, 0.1) is 5.92 Å². The molecule has 1 aliphatic heterocycles. The smallest absolute Gasteiger partial charge is 0.124 e. The Morgan fingerprint density at radius 1 is 1.24 bits per heavy atom. The fourth-order valence-electron chi connectivity index (χ4n) is 3.12. The summed E-state index contributed by atoms with van der Waals surface area (Å²) in [4.78, 5) is 0. The van der Waals surface area contributed by atoms with E-state index in [0.717, 1.165) is 22.8 Å². The molecule has 0 saturated heterocycles. The van der Waals surface area contributed by atoms with E-state index in [9.17, 15) is 0 Å². The van der Waals surface area contributed by atoms with Gasteiger partial charge in [0.2, 0.25) is 0 Å². The molecular formula is C14H18ClNO. The molecular weight excluding hydrogens is 234 g/mol. The lowest BCUT2D eigenvalue weighted by molar-refractivity contribution is 0.102. The van der Waals surface area contributed by atoms with E-state index >= 15 is 0 Å². The SMILES string of the molecule is N[C@H]1CC(C2CCCC2)Oc2ccc(Cl)cc21. The zero-order valence-corrected chi connectivity index (χ0v) is 10.6. The van der Waals surface area contributed by atoms with Gasteiger partial charge >= 0.3 is 0 Å². The molecule has 0 aromatic heterocycles. The van der Waals surface area contributed by atoms with Gasteiger partial charge in [-0.15, -0.1) is 0 Å². The monoisotopic (exact) mass is 251 g/mol. The highest BCUT2D eigenvalue weighted by atomic mass is 35.5. The van der Waals surface area contributed by atoms with Gasteiger partial charge in [0.25, 0.3) is 0 Å². The second kappa shape index (κ2) is 4.51. The second-order valence-corrected chi connectivity index (χ2v) is 5.66. The minimum absolute atomic E-state index is 0.0723. The molecule has 1 fully saturated rings. The molecule has 1 unspecified atom stereocenters. The molecule has 0 bridgehead atoms. The van der Waals surface area contributed by atoms with Crippen LogP contribution in [0.25, 0.3) is 0 Å². The van der Waals surface area contributed by atoms with Gasteiger partial charge in [-0.2, -0.15) is 0 Å². The van der Waals surface area contributed by atoms with Crippen LogP contribution in [0.15, 0.2) is 18.2 Å². The topological polar surface area (TPSA) is 35.2 Å². The molecule has 0 spiro atoms. The van der Waals surface area contributed by atoms with Crippen molar-refractivity contribution >= 4 is 11.6 Å². The summed E-state index contributed by atoms with van der Waals surface area (Å²) in [5, 5.41) is 0.738. The van der Waals surface area contributed by atoms with Crippen molar-refractivity contribution < 1.29 is 4.74 Å². The molecule has 1 aromatic rings. The van der Waals surface area contributed by atoms with Gasteiger partial charge in [0, 0.05) is 23.0 Å². The molecule has 0 amide bonds. The van der Waals surface area contributed by atoms with E-state index in [1.807, 2.05) is 18.2 Å². The Kier molecular flexibility index (Phi) is 3.01. The highest BCUT2D eigenvalue weighted by Crippen LogP contribution is 2.40. The fraction of sp³-hybridized carbons (Fsp3) is 0.571. The van der Waals surface area contributed by atoms with Gasteiger partial charge in [-0.3, -0.25) is 0 Å². The highest BCUT2D eigenvalue weighted by molar-refractivity contribution is 6.30. The second-order valence-electron chi connectivity index (χ2n) is 5.23. The van der Waals surface area contributed by atoms with Crippen molar-refractivity contribution in [2.24, 2.45) is 11.7 Å². The predicted octanol–water partition coefficient (Wildman–Crippen LogP) is 3.68. The number of hydrogen-bond acceptors (Lipinski definition) is 2. The summed E-state index contributed by atoms with van der Waals surface area (Å²) in [6, 6.07) is 5.85. The van der Waals surface area contributed by atoms with Gasteiger partial charge in [-0.25, -0.2) is 0 Å². The van der Waals surface area contributed by atoms with Crippen molar-refractivity contribution in [3.8, 4) is 5.75 Å². The Morgan fingerprint density at radius 2 is 2.00 bits per heavy atom. The summed E-state index contributed by atoms with van der Waals surface area (Å²) in [7, 11) is 0. The van der Waals surface area contributed by atoms with Crippen molar-refractivity contribution in [2.75, 3.05) is 0 Å². The number of nitrogens with two attached hydrogens (primary N) is 1. The zero-order valence-electron chi connectivity index (χ0n) is 9.86. The molecule has 2 N–H and O–H groups in total. The van der Waals surface area contributed by atoms with Crippen LogP contribution in [0.3, 0.4) is 0 Å². The largest absolute Gasteiger partial charge is 0.490 e. The first-order valence-electron chi connectivity index (χ1n) is 6.46. The Bertz CT molecular complexity index is 415. The van der Waals surface area contributed by atoms with E-state index in [0.29, 0.717) is 12.0 Å². The third kappa shape index (κ3) is 2.16. The van der Waals surface area contributed by atoms with Crippen molar-refractivity contribution in [3.05, 3.63) is 28.8 Å². The number of rotatable bonds is 1.